The lowest BCUT2D eigenvalue weighted by Gasteiger charge is -2.08. The van der Waals surface area contributed by atoms with Crippen LogP contribution in [0.5, 0.6) is 0 Å². The Labute approximate surface area is 139 Å². The zero-order chi connectivity index (χ0) is 16.6. The van der Waals surface area contributed by atoms with Crippen LogP contribution in [-0.2, 0) is 6.54 Å². The predicted octanol–water partition coefficient (Wildman–Crippen LogP) is 5.19. The van der Waals surface area contributed by atoms with Crippen molar-refractivity contribution in [1.82, 2.24) is 0 Å². The minimum absolute atomic E-state index is 0.549. The molecule has 3 rings (SSSR count). The maximum atomic E-state index is 4.15. The molecule has 0 N–H and O–H groups in total. The molecule has 1 aliphatic rings. The molecular weight excluding hydrogens is 278 g/mol. The fourth-order valence-corrected chi connectivity index (χ4v) is 3.35. The molecule has 0 amide bonds. The van der Waals surface area contributed by atoms with Gasteiger partial charge in [-0.1, -0.05) is 51.3 Å². The van der Waals surface area contributed by atoms with E-state index in [0.717, 1.165) is 12.1 Å². The average molecular weight is 302 g/mol. The minimum Gasteiger partial charge on any atom is -0.194 e. The van der Waals surface area contributed by atoms with Gasteiger partial charge in [0.15, 0.2) is 12.7 Å². The second kappa shape index (κ2) is 6.00. The first kappa shape index (κ1) is 15.5. The lowest BCUT2D eigenvalue weighted by atomic mass is 9.96. The molecule has 116 valence electrons. The van der Waals surface area contributed by atoms with Gasteiger partial charge in [-0.2, -0.15) is 4.57 Å². The Balaban J connectivity index is 2.03. The van der Waals surface area contributed by atoms with Crippen LogP contribution in [-0.4, -0.2) is 0 Å². The first-order valence-electron chi connectivity index (χ1n) is 8.17. The summed E-state index contributed by atoms with van der Waals surface area (Å²) in [6, 6.07) is 9.02. The highest BCUT2D eigenvalue weighted by Gasteiger charge is 2.27. The summed E-state index contributed by atoms with van der Waals surface area (Å²) in [5.41, 5.74) is 9.05. The minimum atomic E-state index is 0.549. The Hall–Kier alpha value is -2.41. The van der Waals surface area contributed by atoms with E-state index >= 15 is 0 Å². The van der Waals surface area contributed by atoms with E-state index in [1.807, 2.05) is 12.2 Å². The second-order valence-corrected chi connectivity index (χ2v) is 6.57. The normalized spacial score (nSPS) is 12.5. The van der Waals surface area contributed by atoms with Crippen LogP contribution in [0.4, 0.5) is 0 Å². The number of aryl methyl sites for hydroxylation is 1. The van der Waals surface area contributed by atoms with Gasteiger partial charge in [-0.05, 0) is 41.7 Å². The third kappa shape index (κ3) is 2.79. The van der Waals surface area contributed by atoms with Crippen molar-refractivity contribution in [2.75, 3.05) is 0 Å². The van der Waals surface area contributed by atoms with Gasteiger partial charge in [0.1, 0.15) is 0 Å². The Bertz CT molecular complexity index is 822. The van der Waals surface area contributed by atoms with Crippen molar-refractivity contribution in [3.05, 3.63) is 84.1 Å². The summed E-state index contributed by atoms with van der Waals surface area (Å²) in [5.74, 6) is 0.549. The smallest absolute Gasteiger partial charge is 0.194 e. The molecule has 0 atom stereocenters. The average Bonchev–Trinajstić information content (AvgIpc) is 2.87. The highest BCUT2D eigenvalue weighted by atomic mass is 15.0. The molecule has 2 heterocycles. The van der Waals surface area contributed by atoms with Crippen LogP contribution < -0.4 is 4.57 Å². The molecule has 1 nitrogen and oxygen atoms in total. The molecular formula is C22H24N+. The molecule has 1 heteroatoms. The third-order valence-electron chi connectivity index (χ3n) is 4.55. The monoisotopic (exact) mass is 302 g/mol. The summed E-state index contributed by atoms with van der Waals surface area (Å²) >= 11 is 0. The summed E-state index contributed by atoms with van der Waals surface area (Å²) < 4.78 is 2.36. The molecule has 2 aromatic rings. The number of hydrogen-bond donors (Lipinski definition) is 0. The Morgan fingerprint density at radius 2 is 2.04 bits per heavy atom. The molecule has 0 radical (unpaired) electrons. The molecule has 1 aliphatic heterocycles. The van der Waals surface area contributed by atoms with E-state index in [0.29, 0.717) is 5.92 Å². The third-order valence-corrected chi connectivity index (χ3v) is 4.55. The van der Waals surface area contributed by atoms with E-state index in [9.17, 15) is 0 Å². The predicted molar refractivity (Wildman–Crippen MR) is 98.4 cm³/mol. The summed E-state index contributed by atoms with van der Waals surface area (Å²) in [4.78, 5) is 0. The number of allylic oxidation sites excluding steroid dienone is 4. The molecule has 1 aromatic heterocycles. The van der Waals surface area contributed by atoms with E-state index in [4.69, 9.17) is 0 Å². The zero-order valence-corrected chi connectivity index (χ0v) is 14.3. The number of aromatic nitrogens is 1. The van der Waals surface area contributed by atoms with E-state index in [1.165, 1.54) is 33.5 Å². The van der Waals surface area contributed by atoms with Crippen molar-refractivity contribution in [3.8, 4) is 11.3 Å². The van der Waals surface area contributed by atoms with Crippen molar-refractivity contribution in [2.45, 2.75) is 33.2 Å². The van der Waals surface area contributed by atoms with E-state index in [-0.39, 0.29) is 0 Å². The van der Waals surface area contributed by atoms with Crippen LogP contribution in [0.3, 0.4) is 0 Å². The Kier molecular flexibility index (Phi) is 4.04. The van der Waals surface area contributed by atoms with Gasteiger partial charge in [0.2, 0.25) is 5.69 Å². The van der Waals surface area contributed by atoms with Crippen LogP contribution in [0.2, 0.25) is 0 Å². The molecule has 23 heavy (non-hydrogen) atoms. The second-order valence-electron chi connectivity index (χ2n) is 6.57. The molecule has 0 saturated carbocycles. The van der Waals surface area contributed by atoms with Gasteiger partial charge in [0.05, 0.1) is 5.56 Å². The first-order valence-corrected chi connectivity index (χ1v) is 8.17. The number of hydrogen-bond acceptors (Lipinski definition) is 0. The van der Waals surface area contributed by atoms with Crippen molar-refractivity contribution < 1.29 is 4.57 Å². The maximum absolute atomic E-state index is 4.15. The summed E-state index contributed by atoms with van der Waals surface area (Å²) in [7, 11) is 0. The topological polar surface area (TPSA) is 3.88 Å². The zero-order valence-electron chi connectivity index (χ0n) is 14.3. The van der Waals surface area contributed by atoms with Crippen LogP contribution in [0.1, 0.15) is 42.0 Å². The van der Waals surface area contributed by atoms with Crippen LogP contribution in [0.25, 0.3) is 16.8 Å². The number of fused-ring (bicyclic) bond motifs is 3. The summed E-state index contributed by atoms with van der Waals surface area (Å²) in [5, 5.41) is 0. The van der Waals surface area contributed by atoms with Crippen molar-refractivity contribution in [1.29, 1.82) is 0 Å². The molecule has 0 aliphatic carbocycles. The van der Waals surface area contributed by atoms with Gasteiger partial charge < -0.3 is 0 Å². The maximum Gasteiger partial charge on any atom is 0.213 e. The van der Waals surface area contributed by atoms with Gasteiger partial charge in [-0.3, -0.25) is 0 Å². The number of rotatable bonds is 4. The molecule has 0 saturated heterocycles. The van der Waals surface area contributed by atoms with Gasteiger partial charge >= 0.3 is 0 Å². The molecule has 0 bridgehead atoms. The lowest BCUT2D eigenvalue weighted by molar-refractivity contribution is -0.672. The summed E-state index contributed by atoms with van der Waals surface area (Å²) in [6.07, 6.45) is 8.00. The number of pyridine rings is 1. The van der Waals surface area contributed by atoms with E-state index < -0.39 is 0 Å². The van der Waals surface area contributed by atoms with Crippen LogP contribution in [0, 0.1) is 6.92 Å². The molecule has 0 spiro atoms. The van der Waals surface area contributed by atoms with Crippen molar-refractivity contribution >= 4 is 5.57 Å². The summed E-state index contributed by atoms with van der Waals surface area (Å²) in [6.45, 7) is 15.5. The fourth-order valence-electron chi connectivity index (χ4n) is 3.35. The van der Waals surface area contributed by atoms with Gasteiger partial charge in [0, 0.05) is 17.2 Å². The largest absolute Gasteiger partial charge is 0.213 e. The fraction of sp³-hybridized carbons (Fsp3) is 0.227. The standard InChI is InChI=1S/C22H24N/c1-6-7-8-16(4)18-9-10-20-19(11-18)14-23-13-17(5)21(15(2)3)12-22(20)23/h6-13,15H,1,4,14H2,2-3,5H3/q+1/b8-7-. The van der Waals surface area contributed by atoms with Gasteiger partial charge in [-0.25, -0.2) is 0 Å². The van der Waals surface area contributed by atoms with Crippen molar-refractivity contribution in [2.24, 2.45) is 0 Å². The molecule has 0 unspecified atom stereocenters. The van der Waals surface area contributed by atoms with Crippen LogP contribution >= 0.6 is 0 Å². The van der Waals surface area contributed by atoms with Gasteiger partial charge in [-0.15, -0.1) is 0 Å². The first-order chi connectivity index (χ1) is 11.0. The highest BCUT2D eigenvalue weighted by molar-refractivity contribution is 5.76. The Morgan fingerprint density at radius 3 is 2.74 bits per heavy atom. The Morgan fingerprint density at radius 1 is 1.26 bits per heavy atom. The van der Waals surface area contributed by atoms with E-state index in [1.54, 1.807) is 6.08 Å². The number of nitrogens with zero attached hydrogens (tertiary/aromatic N) is 1. The van der Waals surface area contributed by atoms with Gasteiger partial charge in [0.25, 0.3) is 0 Å². The number of benzene rings is 1. The van der Waals surface area contributed by atoms with E-state index in [2.05, 4.69) is 69.0 Å². The van der Waals surface area contributed by atoms with Crippen LogP contribution in [0.15, 0.2) is 61.8 Å². The SMILES string of the molecule is C=C/C=C\C(=C)c1ccc2c(c1)C[n+]1cc(C)c(C(C)C)cc1-2. The van der Waals surface area contributed by atoms with Crippen molar-refractivity contribution in [3.63, 3.8) is 0 Å². The molecule has 1 aromatic carbocycles. The quantitative estimate of drug-likeness (QED) is 0.461. The highest BCUT2D eigenvalue weighted by Crippen LogP contribution is 2.32. The molecule has 0 fully saturated rings. The lowest BCUT2D eigenvalue weighted by Crippen LogP contribution is -2.32.